The second kappa shape index (κ2) is 17.8. The van der Waals surface area contributed by atoms with Crippen molar-refractivity contribution in [2.24, 2.45) is 41.4 Å². The fourth-order valence-corrected chi connectivity index (χ4v) is 11.0. The minimum atomic E-state index is -1.15. The van der Waals surface area contributed by atoms with Crippen molar-refractivity contribution in [2.45, 2.75) is 199 Å². The number of rotatable bonds is 14. The van der Waals surface area contributed by atoms with Gasteiger partial charge in [0.25, 0.3) is 0 Å². The SMILES string of the molecule is C=CN[C@@H]1C=C[C@]2(O[C@H]([C@@H](CC)C(=O)[C@@H](C)[C@@H](O)[C@H](C)C3O[C@@H](C(CC)C(=O)OC)CC[C@@H]3C)[C@@H](C)C[C@H]2C)O[C@@]12CC[C@@](C)([C@H]1CC[C@](O)(CC)[C@H](C)O1)O2. The Kier molecular flexibility index (Phi) is 14.4. The van der Waals surface area contributed by atoms with Crippen LogP contribution < -0.4 is 5.32 Å². The van der Waals surface area contributed by atoms with Gasteiger partial charge < -0.3 is 44.0 Å². The van der Waals surface area contributed by atoms with Gasteiger partial charge >= 0.3 is 5.97 Å². The van der Waals surface area contributed by atoms with Gasteiger partial charge in [0.2, 0.25) is 0 Å². The number of ether oxygens (including phenoxy) is 6. The largest absolute Gasteiger partial charge is 0.469 e. The van der Waals surface area contributed by atoms with Crippen LogP contribution in [0.2, 0.25) is 0 Å². The highest BCUT2D eigenvalue weighted by Gasteiger charge is 2.63. The van der Waals surface area contributed by atoms with Gasteiger partial charge in [-0.05, 0) is 95.7 Å². The van der Waals surface area contributed by atoms with Gasteiger partial charge in [0.15, 0.2) is 11.6 Å². The molecule has 5 rings (SSSR count). The standard InChI is InChI=1S/C45H75NO10/c1-13-32(41(49)51-12)34-18-17-26(5)39(53-34)30(9)37(47)29(8)38(48)33(14-2)40-27(6)25-28(7)44(54-40)22-19-35(46-16-4)45(56-44)24-23-42(11,55-45)36-20-21-43(50,15-3)31(10)52-36/h16,19,22,26-37,39-40,46-47,50H,4,13-15,17-18,20-21,23-25H2,1-3,5-12H3/t26-,27-,28+,29-,30-,31-,32?,33-,34+,35+,36+,37+,39?,40-,42-,43+,44-,45-/m0/s1. The molecule has 2 unspecified atom stereocenters. The summed E-state index contributed by atoms with van der Waals surface area (Å²) in [4.78, 5) is 27.1. The van der Waals surface area contributed by atoms with Gasteiger partial charge in [0.1, 0.15) is 5.78 Å². The van der Waals surface area contributed by atoms with Crippen LogP contribution in [0.4, 0.5) is 0 Å². The molecular formula is C45H75NO10. The number of nitrogens with one attached hydrogen (secondary N) is 1. The van der Waals surface area contributed by atoms with E-state index in [1.165, 1.54) is 7.11 Å². The Morgan fingerprint density at radius 1 is 0.964 bits per heavy atom. The van der Waals surface area contributed by atoms with E-state index in [1.54, 1.807) is 6.20 Å². The van der Waals surface area contributed by atoms with Gasteiger partial charge in [0, 0.05) is 30.1 Å². The Balaban J connectivity index is 1.34. The Morgan fingerprint density at radius 3 is 2.27 bits per heavy atom. The van der Waals surface area contributed by atoms with E-state index in [4.69, 9.17) is 28.4 Å². The van der Waals surface area contributed by atoms with Gasteiger partial charge in [-0.15, -0.1) is 0 Å². The molecule has 5 heterocycles. The number of hydrogen-bond donors (Lipinski definition) is 3. The van der Waals surface area contributed by atoms with Crippen LogP contribution in [0.25, 0.3) is 0 Å². The van der Waals surface area contributed by atoms with Crippen molar-refractivity contribution in [2.75, 3.05) is 7.11 Å². The molecule has 56 heavy (non-hydrogen) atoms. The molecule has 4 fully saturated rings. The van der Waals surface area contributed by atoms with E-state index in [1.807, 2.05) is 47.6 Å². The summed E-state index contributed by atoms with van der Waals surface area (Å²) in [7, 11) is 1.41. The number of carbonyl (C=O) groups is 2. The van der Waals surface area contributed by atoms with Crippen LogP contribution in [0.3, 0.4) is 0 Å². The number of hydrogen-bond acceptors (Lipinski definition) is 11. The molecular weight excluding hydrogens is 714 g/mol. The predicted molar refractivity (Wildman–Crippen MR) is 214 cm³/mol. The molecule has 0 aromatic carbocycles. The van der Waals surface area contributed by atoms with Crippen molar-refractivity contribution in [1.82, 2.24) is 5.32 Å². The molecule has 4 saturated heterocycles. The third kappa shape index (κ3) is 8.44. The van der Waals surface area contributed by atoms with Crippen LogP contribution in [0, 0.1) is 41.4 Å². The molecule has 0 aromatic rings. The molecule has 5 aliphatic heterocycles. The second-order valence-corrected chi connectivity index (χ2v) is 18.5. The Labute approximate surface area is 337 Å². The molecule has 18 atom stereocenters. The highest BCUT2D eigenvalue weighted by molar-refractivity contribution is 5.84. The topological polar surface area (TPSA) is 142 Å². The minimum absolute atomic E-state index is 0.0320. The lowest BCUT2D eigenvalue weighted by Crippen LogP contribution is -2.65. The maximum Gasteiger partial charge on any atom is 0.311 e. The fraction of sp³-hybridized carbons (Fsp3) is 0.867. The minimum Gasteiger partial charge on any atom is -0.469 e. The summed E-state index contributed by atoms with van der Waals surface area (Å²) in [6.07, 6.45) is 9.94. The lowest BCUT2D eigenvalue weighted by Gasteiger charge is -2.55. The summed E-state index contributed by atoms with van der Waals surface area (Å²) >= 11 is 0. The average molecular weight is 790 g/mol. The number of aliphatic hydroxyl groups excluding tert-OH is 1. The van der Waals surface area contributed by atoms with Crippen molar-refractivity contribution in [3.8, 4) is 0 Å². The molecule has 0 radical (unpaired) electrons. The Morgan fingerprint density at radius 2 is 1.66 bits per heavy atom. The lowest BCUT2D eigenvalue weighted by atomic mass is 9.72. The first-order valence-corrected chi connectivity index (χ1v) is 21.9. The van der Waals surface area contributed by atoms with Crippen LogP contribution in [-0.2, 0) is 38.0 Å². The first-order chi connectivity index (χ1) is 26.4. The van der Waals surface area contributed by atoms with Crippen molar-refractivity contribution in [1.29, 1.82) is 0 Å². The van der Waals surface area contributed by atoms with E-state index in [0.717, 1.165) is 19.3 Å². The summed E-state index contributed by atoms with van der Waals surface area (Å²) in [6, 6.07) is -0.334. The molecule has 320 valence electrons. The number of ketones is 1. The van der Waals surface area contributed by atoms with Crippen LogP contribution in [0.5, 0.6) is 0 Å². The number of esters is 1. The van der Waals surface area contributed by atoms with Crippen LogP contribution in [0.15, 0.2) is 24.9 Å². The third-order valence-corrected chi connectivity index (χ3v) is 15.0. The molecule has 2 spiro atoms. The second-order valence-electron chi connectivity index (χ2n) is 18.5. The first kappa shape index (κ1) is 45.2. The molecule has 0 bridgehead atoms. The zero-order chi connectivity index (χ0) is 41.4. The van der Waals surface area contributed by atoms with E-state index >= 15 is 0 Å². The summed E-state index contributed by atoms with van der Waals surface area (Å²) in [5.74, 6) is -4.23. The van der Waals surface area contributed by atoms with Crippen molar-refractivity contribution >= 4 is 11.8 Å². The summed E-state index contributed by atoms with van der Waals surface area (Å²) < 4.78 is 39.6. The van der Waals surface area contributed by atoms with Gasteiger partial charge in [-0.2, -0.15) is 0 Å². The van der Waals surface area contributed by atoms with Crippen LogP contribution in [-0.4, -0.2) is 94.5 Å². The highest BCUT2D eigenvalue weighted by atomic mass is 16.8. The lowest BCUT2D eigenvalue weighted by molar-refractivity contribution is -0.398. The molecule has 11 heteroatoms. The molecule has 11 nitrogen and oxygen atoms in total. The normalized spacial score (nSPS) is 44.1. The van der Waals surface area contributed by atoms with Crippen LogP contribution >= 0.6 is 0 Å². The van der Waals surface area contributed by atoms with Crippen LogP contribution in [0.1, 0.15) is 133 Å². The summed E-state index contributed by atoms with van der Waals surface area (Å²) in [5.41, 5.74) is -1.52. The van der Waals surface area contributed by atoms with Crippen molar-refractivity contribution in [3.63, 3.8) is 0 Å². The van der Waals surface area contributed by atoms with E-state index in [9.17, 15) is 19.8 Å². The number of Topliss-reactive ketones (excluding diaryl/α,β-unsaturated/α-hetero) is 1. The summed E-state index contributed by atoms with van der Waals surface area (Å²) in [6.45, 7) is 24.1. The van der Waals surface area contributed by atoms with E-state index in [-0.39, 0.29) is 71.8 Å². The summed E-state index contributed by atoms with van der Waals surface area (Å²) in [5, 5.41) is 26.3. The number of methoxy groups -OCH3 is 1. The number of aliphatic hydroxyl groups is 2. The monoisotopic (exact) mass is 790 g/mol. The zero-order valence-electron chi connectivity index (χ0n) is 36.3. The first-order valence-electron chi connectivity index (χ1n) is 21.9. The van der Waals surface area contributed by atoms with Gasteiger partial charge in [-0.3, -0.25) is 9.59 Å². The zero-order valence-corrected chi connectivity index (χ0v) is 36.3. The maximum atomic E-state index is 14.6. The van der Waals surface area contributed by atoms with Gasteiger partial charge in [-0.1, -0.05) is 68.0 Å². The van der Waals surface area contributed by atoms with Crippen molar-refractivity contribution < 1.29 is 48.2 Å². The fourth-order valence-electron chi connectivity index (χ4n) is 11.0. The van der Waals surface area contributed by atoms with Gasteiger partial charge in [0.05, 0.1) is 66.9 Å². The van der Waals surface area contributed by atoms with E-state index in [0.29, 0.717) is 44.9 Å². The maximum absolute atomic E-state index is 14.6. The third-order valence-electron chi connectivity index (χ3n) is 15.0. The molecule has 0 aromatic heterocycles. The molecule has 0 aliphatic carbocycles. The molecule has 0 saturated carbocycles. The Bertz CT molecular complexity index is 1410. The molecule has 0 amide bonds. The highest BCUT2D eigenvalue weighted by Crippen LogP contribution is 2.54. The quantitative estimate of drug-likeness (QED) is 0.124. The predicted octanol–water partition coefficient (Wildman–Crippen LogP) is 7.02. The molecule has 5 aliphatic rings. The average Bonchev–Trinajstić information content (AvgIpc) is 3.52. The van der Waals surface area contributed by atoms with E-state index < -0.39 is 46.8 Å². The smallest absolute Gasteiger partial charge is 0.311 e. The van der Waals surface area contributed by atoms with Crippen molar-refractivity contribution in [3.05, 3.63) is 24.9 Å². The van der Waals surface area contributed by atoms with Gasteiger partial charge in [-0.25, -0.2) is 0 Å². The Hall–Kier alpha value is -1.86. The number of carbonyl (C=O) groups excluding carboxylic acids is 2. The molecule has 3 N–H and O–H groups in total. The van der Waals surface area contributed by atoms with E-state index in [2.05, 4.69) is 45.7 Å².